The quantitative estimate of drug-likeness (QED) is 0.679. The molecule has 0 unspecified atom stereocenters. The van der Waals surface area contributed by atoms with Crippen LogP contribution in [0.2, 0.25) is 5.02 Å². The highest BCUT2D eigenvalue weighted by Gasteiger charge is 2.18. The number of amides is 1. The number of nitrogens with zero attached hydrogens (tertiary/aromatic N) is 2. The van der Waals surface area contributed by atoms with Crippen LogP contribution in [-0.2, 0) is 0 Å². The highest BCUT2D eigenvalue weighted by molar-refractivity contribution is 6.32. The Morgan fingerprint density at radius 2 is 1.85 bits per heavy atom. The van der Waals surface area contributed by atoms with Crippen LogP contribution < -0.4 is 14.4 Å². The number of hydrogen-bond acceptors (Lipinski definition) is 4. The number of anilines is 1. The Hall–Kier alpha value is -2.79. The number of benzene rings is 2. The molecular weight excluding hydrogens is 352 g/mol. The lowest BCUT2D eigenvalue weighted by atomic mass is 10.1. The van der Waals surface area contributed by atoms with Crippen molar-refractivity contribution in [1.29, 1.82) is 0 Å². The van der Waals surface area contributed by atoms with E-state index in [1.54, 1.807) is 44.4 Å². The van der Waals surface area contributed by atoms with Crippen molar-refractivity contribution >= 4 is 34.1 Å². The summed E-state index contributed by atoms with van der Waals surface area (Å²) in [6.07, 6.45) is 0. The molecule has 1 heterocycles. The number of hydrogen-bond donors (Lipinski definition) is 0. The number of methoxy groups -OCH3 is 2. The van der Waals surface area contributed by atoms with Gasteiger partial charge in [0.2, 0.25) is 0 Å². The average Bonchev–Trinajstić information content (AvgIpc) is 2.65. The van der Waals surface area contributed by atoms with Gasteiger partial charge in [-0.3, -0.25) is 9.78 Å². The van der Waals surface area contributed by atoms with E-state index < -0.39 is 0 Å². The predicted molar refractivity (Wildman–Crippen MR) is 104 cm³/mol. The van der Waals surface area contributed by atoms with Crippen LogP contribution >= 0.6 is 11.6 Å². The molecule has 0 saturated carbocycles. The monoisotopic (exact) mass is 370 g/mol. The number of carbonyl (C=O) groups excluding carboxylic acids is 1. The molecule has 3 aromatic rings. The number of pyridine rings is 1. The second-order valence-corrected chi connectivity index (χ2v) is 6.27. The summed E-state index contributed by atoms with van der Waals surface area (Å²) in [6, 6.07) is 12.7. The van der Waals surface area contributed by atoms with E-state index >= 15 is 0 Å². The molecule has 0 atom stereocenters. The van der Waals surface area contributed by atoms with E-state index in [0.717, 1.165) is 16.7 Å². The standard InChI is InChI=1S/C20H19ClN2O3/c1-12-16(9-13-5-7-15(25-3)11-18(13)22-12)20(24)23(2)14-6-8-19(26-4)17(21)10-14/h5-11H,1-4H3. The Labute approximate surface area is 157 Å². The molecule has 26 heavy (non-hydrogen) atoms. The third-order valence-electron chi connectivity index (χ3n) is 4.27. The number of aryl methyl sites for hydroxylation is 1. The molecule has 1 amide bonds. The van der Waals surface area contributed by atoms with E-state index in [1.807, 2.05) is 31.2 Å². The maximum atomic E-state index is 13.0. The van der Waals surface area contributed by atoms with Crippen LogP contribution in [0.1, 0.15) is 16.1 Å². The number of halogens is 1. The van der Waals surface area contributed by atoms with Crippen molar-refractivity contribution in [1.82, 2.24) is 4.98 Å². The van der Waals surface area contributed by atoms with E-state index in [9.17, 15) is 4.79 Å². The molecule has 0 N–H and O–H groups in total. The van der Waals surface area contributed by atoms with E-state index in [-0.39, 0.29) is 5.91 Å². The van der Waals surface area contributed by atoms with Crippen molar-refractivity contribution in [2.45, 2.75) is 6.92 Å². The molecule has 0 saturated heterocycles. The second-order valence-electron chi connectivity index (χ2n) is 5.86. The van der Waals surface area contributed by atoms with Crippen molar-refractivity contribution < 1.29 is 14.3 Å². The number of rotatable bonds is 4. The van der Waals surface area contributed by atoms with Gasteiger partial charge in [-0.1, -0.05) is 11.6 Å². The van der Waals surface area contributed by atoms with Gasteiger partial charge >= 0.3 is 0 Å². The van der Waals surface area contributed by atoms with Gasteiger partial charge in [0.15, 0.2) is 0 Å². The van der Waals surface area contributed by atoms with Crippen LogP contribution in [0, 0.1) is 6.92 Å². The zero-order valence-electron chi connectivity index (χ0n) is 15.0. The van der Waals surface area contributed by atoms with Gasteiger partial charge in [0, 0.05) is 24.2 Å². The van der Waals surface area contributed by atoms with Crippen LogP contribution in [0.5, 0.6) is 11.5 Å². The Morgan fingerprint density at radius 3 is 2.50 bits per heavy atom. The fourth-order valence-corrected chi connectivity index (χ4v) is 3.00. The molecule has 0 aliphatic rings. The Morgan fingerprint density at radius 1 is 1.08 bits per heavy atom. The first-order chi connectivity index (χ1) is 12.4. The van der Waals surface area contributed by atoms with Gasteiger partial charge in [0.1, 0.15) is 11.5 Å². The molecule has 0 spiro atoms. The summed E-state index contributed by atoms with van der Waals surface area (Å²) in [6.45, 7) is 1.82. The van der Waals surface area contributed by atoms with Crippen LogP contribution in [0.3, 0.4) is 0 Å². The first-order valence-corrected chi connectivity index (χ1v) is 8.39. The summed E-state index contributed by atoms with van der Waals surface area (Å²) >= 11 is 6.18. The molecule has 134 valence electrons. The summed E-state index contributed by atoms with van der Waals surface area (Å²) < 4.78 is 10.4. The normalized spacial score (nSPS) is 10.7. The highest BCUT2D eigenvalue weighted by atomic mass is 35.5. The molecule has 6 heteroatoms. The zero-order chi connectivity index (χ0) is 18.8. The first-order valence-electron chi connectivity index (χ1n) is 8.01. The molecule has 5 nitrogen and oxygen atoms in total. The van der Waals surface area contributed by atoms with Gasteiger partial charge in [-0.25, -0.2) is 0 Å². The minimum absolute atomic E-state index is 0.158. The summed E-state index contributed by atoms with van der Waals surface area (Å²) in [5, 5.41) is 1.33. The Bertz CT molecular complexity index is 988. The molecule has 0 bridgehead atoms. The Kier molecular flexibility index (Phi) is 5.00. The van der Waals surface area contributed by atoms with E-state index in [4.69, 9.17) is 21.1 Å². The van der Waals surface area contributed by atoms with E-state index in [0.29, 0.717) is 27.7 Å². The number of carbonyl (C=O) groups is 1. The van der Waals surface area contributed by atoms with Crippen molar-refractivity contribution in [3.8, 4) is 11.5 Å². The first kappa shape index (κ1) is 18.0. The van der Waals surface area contributed by atoms with Gasteiger partial charge in [-0.2, -0.15) is 0 Å². The predicted octanol–water partition coefficient (Wildman–Crippen LogP) is 4.49. The van der Waals surface area contributed by atoms with Crippen molar-refractivity contribution in [3.63, 3.8) is 0 Å². The van der Waals surface area contributed by atoms with Crippen molar-refractivity contribution in [2.24, 2.45) is 0 Å². The minimum atomic E-state index is -0.158. The molecule has 3 rings (SSSR count). The van der Waals surface area contributed by atoms with Crippen molar-refractivity contribution in [3.05, 3.63) is 58.7 Å². The average molecular weight is 371 g/mol. The largest absolute Gasteiger partial charge is 0.497 e. The summed E-state index contributed by atoms with van der Waals surface area (Å²) in [5.74, 6) is 1.14. The van der Waals surface area contributed by atoms with Crippen LogP contribution in [0.4, 0.5) is 5.69 Å². The maximum Gasteiger partial charge on any atom is 0.259 e. The fourth-order valence-electron chi connectivity index (χ4n) is 2.75. The van der Waals surface area contributed by atoms with Crippen LogP contribution in [-0.4, -0.2) is 32.2 Å². The topological polar surface area (TPSA) is 51.7 Å². The summed E-state index contributed by atoms with van der Waals surface area (Å²) in [5.41, 5.74) is 2.66. The lowest BCUT2D eigenvalue weighted by Gasteiger charge is -2.19. The lowest BCUT2D eigenvalue weighted by Crippen LogP contribution is -2.27. The number of aromatic nitrogens is 1. The highest BCUT2D eigenvalue weighted by Crippen LogP contribution is 2.30. The molecule has 0 fully saturated rings. The van der Waals surface area contributed by atoms with Gasteiger partial charge in [-0.05, 0) is 43.3 Å². The molecule has 2 aromatic carbocycles. The van der Waals surface area contributed by atoms with Gasteiger partial charge in [-0.15, -0.1) is 0 Å². The lowest BCUT2D eigenvalue weighted by molar-refractivity contribution is 0.0992. The van der Waals surface area contributed by atoms with Crippen molar-refractivity contribution in [2.75, 3.05) is 26.2 Å². The maximum absolute atomic E-state index is 13.0. The van der Waals surface area contributed by atoms with Crippen LogP contribution in [0.25, 0.3) is 10.9 Å². The SMILES string of the molecule is COc1ccc2cc(C(=O)N(C)c3ccc(OC)c(Cl)c3)c(C)nc2c1. The van der Waals surface area contributed by atoms with Gasteiger partial charge in [0.25, 0.3) is 5.91 Å². The van der Waals surface area contributed by atoms with Gasteiger partial charge in [0.05, 0.1) is 36.0 Å². The molecule has 0 aliphatic heterocycles. The number of ether oxygens (including phenoxy) is 2. The van der Waals surface area contributed by atoms with E-state index in [1.165, 1.54) is 0 Å². The third kappa shape index (κ3) is 3.30. The molecule has 0 radical (unpaired) electrons. The second kappa shape index (κ2) is 7.22. The fraction of sp³-hybridized carbons (Fsp3) is 0.200. The summed E-state index contributed by atoms with van der Waals surface area (Å²) in [4.78, 5) is 19.1. The summed E-state index contributed by atoms with van der Waals surface area (Å²) in [7, 11) is 4.87. The molecule has 1 aromatic heterocycles. The number of fused-ring (bicyclic) bond motifs is 1. The van der Waals surface area contributed by atoms with Gasteiger partial charge < -0.3 is 14.4 Å². The van der Waals surface area contributed by atoms with Crippen LogP contribution in [0.15, 0.2) is 42.5 Å². The molecule has 0 aliphatic carbocycles. The minimum Gasteiger partial charge on any atom is -0.497 e. The third-order valence-corrected chi connectivity index (χ3v) is 4.57. The van der Waals surface area contributed by atoms with E-state index in [2.05, 4.69) is 4.98 Å². The molecular formula is C20H19ClN2O3. The Balaban J connectivity index is 1.98. The smallest absolute Gasteiger partial charge is 0.259 e. The zero-order valence-corrected chi connectivity index (χ0v) is 15.8.